The Bertz CT molecular complexity index is 1200. The maximum absolute atomic E-state index is 12.9. The molecule has 4 rings (SSSR count). The van der Waals surface area contributed by atoms with Gasteiger partial charge in [0.05, 0.1) is 12.8 Å². The lowest BCUT2D eigenvalue weighted by Crippen LogP contribution is -2.25. The van der Waals surface area contributed by atoms with E-state index in [1.165, 1.54) is 18.3 Å². The molecule has 7 heteroatoms. The molecule has 0 aliphatic heterocycles. The van der Waals surface area contributed by atoms with Crippen molar-refractivity contribution in [1.82, 2.24) is 5.43 Å². The highest BCUT2D eigenvalue weighted by atomic mass is 19.1. The molecule has 1 heterocycles. The lowest BCUT2D eigenvalue weighted by molar-refractivity contribution is -0.119. The average molecular weight is 417 g/mol. The van der Waals surface area contributed by atoms with Crippen molar-refractivity contribution in [2.45, 2.75) is 6.61 Å². The smallest absolute Gasteiger partial charge is 0.285 e. The lowest BCUT2D eigenvalue weighted by Gasteiger charge is -2.08. The summed E-state index contributed by atoms with van der Waals surface area (Å²) in [5.74, 6) is 0.143. The van der Waals surface area contributed by atoms with E-state index in [0.717, 1.165) is 22.0 Å². The van der Waals surface area contributed by atoms with Crippen LogP contribution in [0.3, 0.4) is 0 Å². The van der Waals surface area contributed by atoms with Crippen LogP contribution in [0.1, 0.15) is 11.3 Å². The first kappa shape index (κ1) is 20.2. The number of nitrogens with one attached hydrogen (secondary N) is 2. The number of anilines is 1. The van der Waals surface area contributed by atoms with Crippen LogP contribution in [0.5, 0.6) is 5.95 Å². The van der Waals surface area contributed by atoms with E-state index < -0.39 is 0 Å². The molecule has 0 aliphatic rings. The van der Waals surface area contributed by atoms with Gasteiger partial charge in [0.25, 0.3) is 11.9 Å². The Balaban J connectivity index is 1.25. The van der Waals surface area contributed by atoms with Crippen molar-refractivity contribution in [2.24, 2.45) is 5.10 Å². The number of hydrazone groups is 1. The van der Waals surface area contributed by atoms with Crippen LogP contribution < -0.4 is 15.5 Å². The Morgan fingerprint density at radius 2 is 1.81 bits per heavy atom. The number of fused-ring (bicyclic) bond motifs is 1. The fourth-order valence-corrected chi connectivity index (χ4v) is 2.98. The van der Waals surface area contributed by atoms with Gasteiger partial charge in [-0.1, -0.05) is 48.5 Å². The molecule has 0 saturated carbocycles. The first-order valence-corrected chi connectivity index (χ1v) is 9.68. The van der Waals surface area contributed by atoms with Gasteiger partial charge in [-0.25, -0.2) is 9.82 Å². The summed E-state index contributed by atoms with van der Waals surface area (Å²) in [4.78, 5) is 12.1. The minimum atomic E-state index is -0.297. The SMILES string of the molecule is O=C(CNc1cccc2ccccc12)N/N=C/c1ccc(OCc2ccc(F)cc2)o1. The normalized spacial score (nSPS) is 11.0. The minimum Gasteiger partial charge on any atom is -0.460 e. The molecule has 0 atom stereocenters. The number of carbonyl (C=O) groups is 1. The van der Waals surface area contributed by atoms with Gasteiger partial charge in [0.1, 0.15) is 12.4 Å². The summed E-state index contributed by atoms with van der Waals surface area (Å²) in [6.45, 7) is 0.330. The molecule has 156 valence electrons. The molecule has 0 spiro atoms. The van der Waals surface area contributed by atoms with E-state index in [9.17, 15) is 9.18 Å². The van der Waals surface area contributed by atoms with Crippen LogP contribution in [0.2, 0.25) is 0 Å². The summed E-state index contributed by atoms with van der Waals surface area (Å²) >= 11 is 0. The summed E-state index contributed by atoms with van der Waals surface area (Å²) in [5, 5.41) is 9.17. The highest BCUT2D eigenvalue weighted by molar-refractivity contribution is 5.95. The number of carbonyl (C=O) groups excluding carboxylic acids is 1. The van der Waals surface area contributed by atoms with Gasteiger partial charge in [-0.05, 0) is 35.2 Å². The Hall–Kier alpha value is -4.13. The summed E-state index contributed by atoms with van der Waals surface area (Å²) in [6.07, 6.45) is 1.39. The van der Waals surface area contributed by atoms with E-state index in [1.54, 1.807) is 24.3 Å². The third kappa shape index (κ3) is 5.48. The molecule has 2 N–H and O–H groups in total. The average Bonchev–Trinajstić information content (AvgIpc) is 3.25. The second-order valence-electron chi connectivity index (χ2n) is 6.75. The van der Waals surface area contributed by atoms with Crippen molar-refractivity contribution >= 4 is 28.6 Å². The third-order valence-corrected chi connectivity index (χ3v) is 4.51. The zero-order valence-electron chi connectivity index (χ0n) is 16.5. The van der Waals surface area contributed by atoms with E-state index in [-0.39, 0.29) is 24.9 Å². The highest BCUT2D eigenvalue weighted by Gasteiger charge is 2.05. The first-order chi connectivity index (χ1) is 15.2. The Labute approximate surface area is 178 Å². The van der Waals surface area contributed by atoms with Gasteiger partial charge in [-0.3, -0.25) is 4.79 Å². The second kappa shape index (κ2) is 9.58. The van der Waals surface area contributed by atoms with Crippen molar-refractivity contribution in [3.05, 3.63) is 96.0 Å². The zero-order chi connectivity index (χ0) is 21.5. The predicted molar refractivity (Wildman–Crippen MR) is 118 cm³/mol. The van der Waals surface area contributed by atoms with E-state index in [0.29, 0.717) is 11.7 Å². The number of amides is 1. The number of ether oxygens (including phenoxy) is 1. The van der Waals surface area contributed by atoms with Crippen molar-refractivity contribution in [1.29, 1.82) is 0 Å². The first-order valence-electron chi connectivity index (χ1n) is 9.68. The van der Waals surface area contributed by atoms with Crippen LogP contribution in [0.25, 0.3) is 10.8 Å². The fraction of sp³-hybridized carbons (Fsp3) is 0.0833. The summed E-state index contributed by atoms with van der Waals surface area (Å²) in [5.41, 5.74) is 4.15. The molecule has 0 bridgehead atoms. The van der Waals surface area contributed by atoms with E-state index in [4.69, 9.17) is 9.15 Å². The summed E-state index contributed by atoms with van der Waals surface area (Å²) in [7, 11) is 0. The van der Waals surface area contributed by atoms with Crippen LogP contribution >= 0.6 is 0 Å². The zero-order valence-corrected chi connectivity index (χ0v) is 16.5. The topological polar surface area (TPSA) is 75.9 Å². The monoisotopic (exact) mass is 417 g/mol. The van der Waals surface area contributed by atoms with Crippen molar-refractivity contribution in [2.75, 3.05) is 11.9 Å². The van der Waals surface area contributed by atoms with Crippen LogP contribution in [-0.4, -0.2) is 18.7 Å². The Kier molecular flexibility index (Phi) is 6.23. The maximum atomic E-state index is 12.9. The second-order valence-corrected chi connectivity index (χ2v) is 6.75. The van der Waals surface area contributed by atoms with Crippen LogP contribution in [0, 0.1) is 5.82 Å². The Morgan fingerprint density at radius 3 is 2.68 bits per heavy atom. The maximum Gasteiger partial charge on any atom is 0.285 e. The number of hydrogen-bond donors (Lipinski definition) is 2. The fourth-order valence-electron chi connectivity index (χ4n) is 2.98. The Morgan fingerprint density at radius 1 is 1.00 bits per heavy atom. The molecule has 0 radical (unpaired) electrons. The number of rotatable bonds is 8. The molecule has 0 saturated heterocycles. The minimum absolute atomic E-state index is 0.0789. The van der Waals surface area contributed by atoms with Gasteiger partial charge in [0.2, 0.25) is 0 Å². The van der Waals surface area contributed by atoms with Crippen LogP contribution in [-0.2, 0) is 11.4 Å². The van der Waals surface area contributed by atoms with E-state index >= 15 is 0 Å². The number of hydrogen-bond acceptors (Lipinski definition) is 5. The van der Waals surface area contributed by atoms with Crippen LogP contribution in [0.4, 0.5) is 10.1 Å². The number of nitrogens with zero attached hydrogens (tertiary/aromatic N) is 1. The van der Waals surface area contributed by atoms with Crippen molar-refractivity contribution < 1.29 is 18.3 Å². The molecule has 1 aromatic heterocycles. The van der Waals surface area contributed by atoms with Crippen molar-refractivity contribution in [3.63, 3.8) is 0 Å². The number of furan rings is 1. The lowest BCUT2D eigenvalue weighted by atomic mass is 10.1. The highest BCUT2D eigenvalue weighted by Crippen LogP contribution is 2.22. The molecular formula is C24H20FN3O3. The third-order valence-electron chi connectivity index (χ3n) is 4.51. The summed E-state index contributed by atoms with van der Waals surface area (Å²) in [6, 6.07) is 23.2. The molecule has 4 aromatic rings. The molecule has 3 aromatic carbocycles. The van der Waals surface area contributed by atoms with Crippen molar-refractivity contribution in [3.8, 4) is 5.95 Å². The molecule has 31 heavy (non-hydrogen) atoms. The van der Waals surface area contributed by atoms with Gasteiger partial charge >= 0.3 is 0 Å². The number of benzene rings is 3. The largest absolute Gasteiger partial charge is 0.460 e. The molecule has 1 amide bonds. The van der Waals surface area contributed by atoms with Gasteiger partial charge in [0.15, 0.2) is 5.76 Å². The van der Waals surface area contributed by atoms with Gasteiger partial charge in [-0.15, -0.1) is 0 Å². The standard InChI is InChI=1S/C24H20FN3O3/c25-19-10-8-17(9-11-19)16-30-24-13-12-20(31-24)14-27-28-23(29)15-26-22-7-3-5-18-4-1-2-6-21(18)22/h1-14,26H,15-16H2,(H,28,29)/b27-14+. The molecule has 0 aliphatic carbocycles. The van der Waals surface area contributed by atoms with E-state index in [1.807, 2.05) is 42.5 Å². The quantitative estimate of drug-likeness (QED) is 0.322. The van der Waals surface area contributed by atoms with E-state index in [2.05, 4.69) is 15.8 Å². The van der Waals surface area contributed by atoms with Crippen LogP contribution in [0.15, 0.2) is 88.4 Å². The molecule has 6 nitrogen and oxygen atoms in total. The van der Waals surface area contributed by atoms with Gasteiger partial charge in [-0.2, -0.15) is 5.10 Å². The summed E-state index contributed by atoms with van der Waals surface area (Å²) < 4.78 is 23.9. The predicted octanol–water partition coefficient (Wildman–Crippen LogP) is 4.71. The molecule has 0 fully saturated rings. The van der Waals surface area contributed by atoms with Gasteiger partial charge in [0, 0.05) is 17.1 Å². The molecule has 0 unspecified atom stereocenters. The number of halogens is 1. The van der Waals surface area contributed by atoms with Gasteiger partial charge < -0.3 is 14.5 Å². The molecular weight excluding hydrogens is 397 g/mol.